The zero-order chi connectivity index (χ0) is 13.8. The van der Waals surface area contributed by atoms with Gasteiger partial charge in [-0.05, 0) is 12.1 Å². The first-order valence-corrected chi connectivity index (χ1v) is 6.78. The molecule has 0 bridgehead atoms. The van der Waals surface area contributed by atoms with Gasteiger partial charge in [-0.15, -0.1) is 0 Å². The fourth-order valence-corrected chi connectivity index (χ4v) is 2.02. The van der Waals surface area contributed by atoms with Crippen molar-refractivity contribution >= 4 is 36.6 Å². The maximum absolute atomic E-state index is 11.3. The van der Waals surface area contributed by atoms with Crippen LogP contribution >= 0.6 is 9.24 Å². The van der Waals surface area contributed by atoms with Crippen LogP contribution in [0, 0.1) is 0 Å². The van der Waals surface area contributed by atoms with E-state index in [1.165, 1.54) is 0 Å². The van der Waals surface area contributed by atoms with Gasteiger partial charge in [0.2, 0.25) is 0 Å². The van der Waals surface area contributed by atoms with Crippen LogP contribution in [0.2, 0.25) is 0 Å². The minimum absolute atomic E-state index is 0.111. The van der Waals surface area contributed by atoms with Crippen molar-refractivity contribution in [3.8, 4) is 0 Å². The van der Waals surface area contributed by atoms with Crippen molar-refractivity contribution in [2.45, 2.75) is 13.8 Å². The molecule has 0 aliphatic rings. The molecule has 0 aliphatic heterocycles. The molecular formula is C15H15N2OP. The van der Waals surface area contributed by atoms with Gasteiger partial charge in [-0.2, -0.15) is 0 Å². The van der Waals surface area contributed by atoms with Crippen LogP contribution in [-0.2, 0) is 0 Å². The van der Waals surface area contributed by atoms with Crippen LogP contribution in [0.3, 0.4) is 0 Å². The third-order valence-electron chi connectivity index (χ3n) is 2.68. The number of pyridine rings is 2. The predicted molar refractivity (Wildman–Crippen MR) is 82.4 cm³/mol. The Hall–Kier alpha value is -1.86. The lowest BCUT2D eigenvalue weighted by Crippen LogP contribution is -1.94. The summed E-state index contributed by atoms with van der Waals surface area (Å²) in [5, 5.41) is 2.02. The molecule has 1 atom stereocenters. The number of fused-ring (bicyclic) bond motifs is 3. The summed E-state index contributed by atoms with van der Waals surface area (Å²) in [4.78, 5) is 20.0. The Morgan fingerprint density at radius 3 is 2.32 bits per heavy atom. The number of rotatable bonds is 1. The van der Waals surface area contributed by atoms with E-state index in [1.54, 1.807) is 12.3 Å². The Balaban J connectivity index is 0.000000637. The lowest BCUT2D eigenvalue weighted by molar-refractivity contribution is 0.108. The van der Waals surface area contributed by atoms with Gasteiger partial charge in [-0.1, -0.05) is 47.4 Å². The molecule has 0 aliphatic carbocycles. The smallest absolute Gasteiger partial charge is 0.196 e. The number of nitrogens with zero attached hydrogens (tertiary/aromatic N) is 2. The van der Waals surface area contributed by atoms with Gasteiger partial charge in [-0.3, -0.25) is 9.78 Å². The molecular weight excluding hydrogens is 255 g/mol. The minimum Gasteiger partial charge on any atom is -0.288 e. The van der Waals surface area contributed by atoms with Crippen LogP contribution in [-0.4, -0.2) is 15.5 Å². The summed E-state index contributed by atoms with van der Waals surface area (Å²) >= 11 is 0. The molecule has 1 unspecified atom stereocenters. The fraction of sp³-hybridized carbons (Fsp3) is 0.133. The minimum atomic E-state index is -0.111. The number of benzene rings is 1. The molecule has 0 N–H and O–H groups in total. The Labute approximate surface area is 114 Å². The summed E-state index contributed by atoms with van der Waals surface area (Å²) in [6.45, 7) is 4.00. The molecule has 2 heterocycles. The molecule has 0 radical (unpaired) electrons. The fourth-order valence-electron chi connectivity index (χ4n) is 1.86. The molecule has 3 nitrogen and oxygen atoms in total. The molecule has 19 heavy (non-hydrogen) atoms. The Morgan fingerprint density at radius 1 is 1.00 bits per heavy atom. The summed E-state index contributed by atoms with van der Waals surface area (Å²) in [5.41, 5.74) is 1.94. The van der Waals surface area contributed by atoms with Gasteiger partial charge < -0.3 is 0 Å². The van der Waals surface area contributed by atoms with Crippen molar-refractivity contribution in [3.63, 3.8) is 0 Å². The zero-order valence-corrected chi connectivity index (χ0v) is 12.1. The molecule has 3 aromatic rings. The predicted octanol–water partition coefficient (Wildman–Crippen LogP) is 3.82. The van der Waals surface area contributed by atoms with Crippen molar-refractivity contribution in [2.24, 2.45) is 0 Å². The first-order chi connectivity index (χ1) is 9.25. The second-order valence-electron chi connectivity index (χ2n) is 3.77. The molecule has 0 fully saturated rings. The Kier molecular flexibility index (Phi) is 4.18. The highest BCUT2D eigenvalue weighted by molar-refractivity contribution is 7.41. The van der Waals surface area contributed by atoms with Crippen LogP contribution in [0.15, 0.2) is 42.6 Å². The van der Waals surface area contributed by atoms with Gasteiger partial charge >= 0.3 is 0 Å². The van der Waals surface area contributed by atoms with E-state index >= 15 is 0 Å². The van der Waals surface area contributed by atoms with E-state index in [2.05, 4.69) is 19.2 Å². The first-order valence-electron chi connectivity index (χ1n) is 6.20. The van der Waals surface area contributed by atoms with Gasteiger partial charge in [0.15, 0.2) is 5.52 Å². The largest absolute Gasteiger partial charge is 0.288 e. The molecule has 4 heteroatoms. The van der Waals surface area contributed by atoms with Crippen molar-refractivity contribution in [3.05, 3.63) is 48.3 Å². The summed E-state index contributed by atoms with van der Waals surface area (Å²) in [6.07, 6.45) is 1.73. The van der Waals surface area contributed by atoms with Gasteiger partial charge in [0, 0.05) is 17.0 Å². The lowest BCUT2D eigenvalue weighted by Gasteiger charge is -2.03. The molecule has 0 saturated carbocycles. The van der Waals surface area contributed by atoms with E-state index in [4.69, 9.17) is 0 Å². The van der Waals surface area contributed by atoms with E-state index in [-0.39, 0.29) is 5.52 Å². The molecule has 2 aromatic heterocycles. The van der Waals surface area contributed by atoms with Gasteiger partial charge in [0.05, 0.1) is 11.0 Å². The first kappa shape index (κ1) is 13.6. The highest BCUT2D eigenvalue weighted by atomic mass is 31.0. The molecule has 96 valence electrons. The van der Waals surface area contributed by atoms with E-state index in [0.29, 0.717) is 5.69 Å². The highest BCUT2D eigenvalue weighted by Crippen LogP contribution is 2.22. The standard InChI is InChI=1S/C13H9N2OP.C2H6/c16-13(17)10-6-5-9-4-3-8-2-1-7-14-11(8)12(9)15-10;1-2/h1-7H,17H2;1-2H3. The van der Waals surface area contributed by atoms with Crippen molar-refractivity contribution < 1.29 is 4.79 Å². The average molecular weight is 270 g/mol. The van der Waals surface area contributed by atoms with Crippen LogP contribution in [0.4, 0.5) is 0 Å². The number of carbonyl (C=O) groups is 1. The lowest BCUT2D eigenvalue weighted by atomic mass is 10.1. The van der Waals surface area contributed by atoms with Crippen molar-refractivity contribution in [1.82, 2.24) is 9.97 Å². The third-order valence-corrected chi connectivity index (χ3v) is 2.98. The molecule has 3 rings (SSSR count). The molecule has 0 amide bonds. The maximum Gasteiger partial charge on any atom is 0.196 e. The second kappa shape index (κ2) is 5.85. The van der Waals surface area contributed by atoms with Crippen LogP contribution < -0.4 is 0 Å². The van der Waals surface area contributed by atoms with E-state index < -0.39 is 0 Å². The number of aromatic nitrogens is 2. The normalized spacial score (nSPS) is 10.1. The van der Waals surface area contributed by atoms with E-state index in [0.717, 1.165) is 21.8 Å². The second-order valence-corrected chi connectivity index (χ2v) is 4.30. The quantitative estimate of drug-likeness (QED) is 0.498. The van der Waals surface area contributed by atoms with E-state index in [9.17, 15) is 4.79 Å². The summed E-state index contributed by atoms with van der Waals surface area (Å²) in [5.74, 6) is 0. The van der Waals surface area contributed by atoms with Gasteiger partial charge in [0.25, 0.3) is 0 Å². The van der Waals surface area contributed by atoms with E-state index in [1.807, 2.05) is 44.2 Å². The topological polar surface area (TPSA) is 42.9 Å². The number of hydrogen-bond donors (Lipinski definition) is 0. The molecule has 0 spiro atoms. The average Bonchev–Trinajstić information content (AvgIpc) is 2.48. The summed E-state index contributed by atoms with van der Waals surface area (Å²) in [6, 6.07) is 11.5. The summed E-state index contributed by atoms with van der Waals surface area (Å²) in [7, 11) is 2.14. The SMILES string of the molecule is CC.O=C(P)c1ccc2ccc3cccnc3c2n1. The van der Waals surface area contributed by atoms with Gasteiger partial charge in [0.1, 0.15) is 5.69 Å². The third kappa shape index (κ3) is 2.61. The Bertz CT molecular complexity index is 740. The van der Waals surface area contributed by atoms with Crippen LogP contribution in [0.5, 0.6) is 0 Å². The molecule has 0 saturated heterocycles. The number of hydrogen-bond acceptors (Lipinski definition) is 3. The highest BCUT2D eigenvalue weighted by Gasteiger charge is 2.06. The monoisotopic (exact) mass is 270 g/mol. The summed E-state index contributed by atoms with van der Waals surface area (Å²) < 4.78 is 0. The Morgan fingerprint density at radius 2 is 1.63 bits per heavy atom. The van der Waals surface area contributed by atoms with Gasteiger partial charge in [-0.25, -0.2) is 4.98 Å². The maximum atomic E-state index is 11.3. The number of carbonyl (C=O) groups excluding carboxylic acids is 1. The van der Waals surface area contributed by atoms with Crippen molar-refractivity contribution in [1.29, 1.82) is 0 Å². The zero-order valence-electron chi connectivity index (χ0n) is 10.9. The van der Waals surface area contributed by atoms with Crippen LogP contribution in [0.25, 0.3) is 21.8 Å². The molecule has 1 aromatic carbocycles. The van der Waals surface area contributed by atoms with Crippen LogP contribution in [0.1, 0.15) is 24.3 Å². The van der Waals surface area contributed by atoms with Crippen molar-refractivity contribution in [2.75, 3.05) is 0 Å².